The number of ketones is 1. The van der Waals surface area contributed by atoms with Gasteiger partial charge in [0.2, 0.25) is 0 Å². The maximum absolute atomic E-state index is 11.2. The molecular weight excluding hydrogens is 200 g/mol. The molecule has 0 saturated carbocycles. The van der Waals surface area contributed by atoms with Gasteiger partial charge in [-0.3, -0.25) is 4.79 Å². The Morgan fingerprint density at radius 3 is 2.81 bits per heavy atom. The van der Waals surface area contributed by atoms with E-state index >= 15 is 0 Å². The summed E-state index contributed by atoms with van der Waals surface area (Å²) in [7, 11) is 1.79. The topological polar surface area (TPSA) is 26.3 Å². The van der Waals surface area contributed by atoms with Crippen LogP contribution < -0.4 is 0 Å². The SMILES string of the molecule is CCC(CCCCC1=CC(=O)CCC1)OC. The Balaban J connectivity index is 2.13. The number of methoxy groups -OCH3 is 1. The molecule has 2 heteroatoms. The van der Waals surface area contributed by atoms with Gasteiger partial charge in [-0.1, -0.05) is 18.9 Å². The second-order valence-electron chi connectivity index (χ2n) is 4.63. The largest absolute Gasteiger partial charge is 0.381 e. The van der Waals surface area contributed by atoms with Crippen LogP contribution in [0.3, 0.4) is 0 Å². The molecular formula is C14H24O2. The zero-order valence-corrected chi connectivity index (χ0v) is 10.6. The molecule has 0 amide bonds. The molecule has 0 heterocycles. The molecule has 1 unspecified atom stereocenters. The second-order valence-corrected chi connectivity index (χ2v) is 4.63. The quantitative estimate of drug-likeness (QED) is 0.617. The number of carbonyl (C=O) groups excluding carboxylic acids is 1. The molecule has 0 aliphatic heterocycles. The molecule has 0 aromatic rings. The van der Waals surface area contributed by atoms with Crippen LogP contribution in [0.25, 0.3) is 0 Å². The van der Waals surface area contributed by atoms with E-state index in [2.05, 4.69) is 6.92 Å². The minimum Gasteiger partial charge on any atom is -0.381 e. The van der Waals surface area contributed by atoms with E-state index in [-0.39, 0.29) is 0 Å². The fourth-order valence-electron chi connectivity index (χ4n) is 2.27. The first kappa shape index (κ1) is 13.4. The summed E-state index contributed by atoms with van der Waals surface area (Å²) in [4.78, 5) is 11.2. The van der Waals surface area contributed by atoms with Gasteiger partial charge in [0, 0.05) is 13.5 Å². The van der Waals surface area contributed by atoms with E-state index in [0.717, 1.165) is 38.5 Å². The predicted octanol–water partition coefficient (Wildman–Crippen LogP) is 3.65. The Kier molecular flexibility index (Phi) is 6.39. The van der Waals surface area contributed by atoms with Crippen molar-refractivity contribution in [2.24, 2.45) is 0 Å². The van der Waals surface area contributed by atoms with E-state index in [0.29, 0.717) is 11.9 Å². The minimum absolute atomic E-state index is 0.324. The van der Waals surface area contributed by atoms with Gasteiger partial charge in [0.05, 0.1) is 6.10 Å². The summed E-state index contributed by atoms with van der Waals surface area (Å²) in [5, 5.41) is 0. The molecule has 0 aromatic carbocycles. The van der Waals surface area contributed by atoms with E-state index < -0.39 is 0 Å². The minimum atomic E-state index is 0.324. The third-order valence-corrected chi connectivity index (χ3v) is 3.35. The number of hydrogen-bond donors (Lipinski definition) is 0. The van der Waals surface area contributed by atoms with Gasteiger partial charge in [0.1, 0.15) is 0 Å². The summed E-state index contributed by atoms with van der Waals surface area (Å²) in [5.41, 5.74) is 1.36. The Morgan fingerprint density at radius 2 is 2.19 bits per heavy atom. The van der Waals surface area contributed by atoms with Crippen molar-refractivity contribution in [3.05, 3.63) is 11.6 Å². The highest BCUT2D eigenvalue weighted by Crippen LogP contribution is 2.21. The first-order valence-corrected chi connectivity index (χ1v) is 6.51. The van der Waals surface area contributed by atoms with Crippen LogP contribution in [0.2, 0.25) is 0 Å². The molecule has 0 aromatic heterocycles. The molecule has 1 rings (SSSR count). The molecule has 0 bridgehead atoms. The summed E-state index contributed by atoms with van der Waals surface area (Å²) in [6, 6.07) is 0. The van der Waals surface area contributed by atoms with Crippen molar-refractivity contribution >= 4 is 5.78 Å². The average Bonchev–Trinajstić information content (AvgIpc) is 2.29. The fraction of sp³-hybridized carbons (Fsp3) is 0.786. The molecule has 0 fully saturated rings. The van der Waals surface area contributed by atoms with Crippen LogP contribution in [0, 0.1) is 0 Å². The van der Waals surface area contributed by atoms with Gasteiger partial charge in [0.15, 0.2) is 5.78 Å². The Labute approximate surface area is 99.1 Å². The number of hydrogen-bond acceptors (Lipinski definition) is 2. The smallest absolute Gasteiger partial charge is 0.155 e. The highest BCUT2D eigenvalue weighted by Gasteiger charge is 2.10. The summed E-state index contributed by atoms with van der Waals surface area (Å²) in [5.74, 6) is 0.324. The number of allylic oxidation sites excluding steroid dienone is 2. The van der Waals surface area contributed by atoms with Crippen LogP contribution in [0.4, 0.5) is 0 Å². The molecule has 0 saturated heterocycles. The Morgan fingerprint density at radius 1 is 1.38 bits per heavy atom. The summed E-state index contributed by atoms with van der Waals surface area (Å²) in [6.07, 6.45) is 11.0. The van der Waals surface area contributed by atoms with E-state index in [1.807, 2.05) is 6.08 Å². The fourth-order valence-corrected chi connectivity index (χ4v) is 2.27. The standard InChI is InChI=1S/C14H24O2/c1-3-14(16-2)10-5-4-7-12-8-6-9-13(15)11-12/h11,14H,3-10H2,1-2H3. The lowest BCUT2D eigenvalue weighted by Crippen LogP contribution is -2.08. The zero-order valence-electron chi connectivity index (χ0n) is 10.6. The number of rotatable bonds is 7. The van der Waals surface area contributed by atoms with Crippen LogP contribution in [0.1, 0.15) is 58.3 Å². The van der Waals surface area contributed by atoms with Gasteiger partial charge in [-0.2, -0.15) is 0 Å². The summed E-state index contributed by atoms with van der Waals surface area (Å²) >= 11 is 0. The second kappa shape index (κ2) is 7.61. The van der Waals surface area contributed by atoms with Crippen molar-refractivity contribution in [3.8, 4) is 0 Å². The van der Waals surface area contributed by atoms with Crippen LogP contribution in [-0.4, -0.2) is 19.0 Å². The molecule has 0 N–H and O–H groups in total. The normalized spacial score (nSPS) is 18.4. The van der Waals surface area contributed by atoms with E-state index in [1.165, 1.54) is 18.4 Å². The van der Waals surface area contributed by atoms with Crippen molar-refractivity contribution in [1.82, 2.24) is 0 Å². The highest BCUT2D eigenvalue weighted by atomic mass is 16.5. The van der Waals surface area contributed by atoms with Crippen molar-refractivity contribution in [2.75, 3.05) is 7.11 Å². The first-order chi connectivity index (χ1) is 7.76. The Bertz CT molecular complexity index is 239. The van der Waals surface area contributed by atoms with Crippen molar-refractivity contribution in [1.29, 1.82) is 0 Å². The maximum Gasteiger partial charge on any atom is 0.155 e. The monoisotopic (exact) mass is 224 g/mol. The van der Waals surface area contributed by atoms with Crippen LogP contribution >= 0.6 is 0 Å². The third-order valence-electron chi connectivity index (χ3n) is 3.35. The first-order valence-electron chi connectivity index (χ1n) is 6.51. The molecule has 92 valence electrons. The van der Waals surface area contributed by atoms with Crippen LogP contribution in [0.5, 0.6) is 0 Å². The van der Waals surface area contributed by atoms with E-state index in [4.69, 9.17) is 4.74 Å². The summed E-state index contributed by atoms with van der Waals surface area (Å²) in [6.45, 7) is 2.16. The molecule has 2 nitrogen and oxygen atoms in total. The molecule has 1 atom stereocenters. The van der Waals surface area contributed by atoms with Crippen LogP contribution in [0.15, 0.2) is 11.6 Å². The molecule has 0 spiro atoms. The highest BCUT2D eigenvalue weighted by molar-refractivity contribution is 5.91. The number of unbranched alkanes of at least 4 members (excludes halogenated alkanes) is 1. The zero-order chi connectivity index (χ0) is 11.8. The molecule has 0 radical (unpaired) electrons. The van der Waals surface area contributed by atoms with Crippen molar-refractivity contribution in [3.63, 3.8) is 0 Å². The van der Waals surface area contributed by atoms with Gasteiger partial charge >= 0.3 is 0 Å². The summed E-state index contributed by atoms with van der Waals surface area (Å²) < 4.78 is 5.34. The van der Waals surface area contributed by atoms with Crippen molar-refractivity contribution in [2.45, 2.75) is 64.4 Å². The molecule has 16 heavy (non-hydrogen) atoms. The maximum atomic E-state index is 11.2. The van der Waals surface area contributed by atoms with Crippen molar-refractivity contribution < 1.29 is 9.53 Å². The van der Waals surface area contributed by atoms with Gasteiger partial charge in [-0.05, 0) is 44.6 Å². The van der Waals surface area contributed by atoms with Gasteiger partial charge in [-0.25, -0.2) is 0 Å². The number of carbonyl (C=O) groups is 1. The lowest BCUT2D eigenvalue weighted by atomic mass is 9.94. The average molecular weight is 224 g/mol. The van der Waals surface area contributed by atoms with E-state index in [1.54, 1.807) is 7.11 Å². The van der Waals surface area contributed by atoms with Gasteiger partial charge in [-0.15, -0.1) is 0 Å². The Hall–Kier alpha value is -0.630. The lowest BCUT2D eigenvalue weighted by molar-refractivity contribution is -0.115. The third kappa shape index (κ3) is 4.93. The molecule has 1 aliphatic carbocycles. The van der Waals surface area contributed by atoms with Gasteiger partial charge in [0.25, 0.3) is 0 Å². The van der Waals surface area contributed by atoms with Crippen LogP contribution in [-0.2, 0) is 9.53 Å². The van der Waals surface area contributed by atoms with E-state index in [9.17, 15) is 4.79 Å². The van der Waals surface area contributed by atoms with Gasteiger partial charge < -0.3 is 4.74 Å². The number of ether oxygens (including phenoxy) is 1. The predicted molar refractivity (Wildman–Crippen MR) is 66.5 cm³/mol. The lowest BCUT2D eigenvalue weighted by Gasteiger charge is -2.14. The molecule has 1 aliphatic rings.